The zero-order valence-corrected chi connectivity index (χ0v) is 23.4. The number of ketones is 1. The average Bonchev–Trinajstić information content (AvgIpc) is 3.62. The molecule has 2 heterocycles. The summed E-state index contributed by atoms with van der Waals surface area (Å²) in [6.45, 7) is 9.09. The normalized spacial score (nSPS) is 36.6. The Hall–Kier alpha value is -1.20. The Bertz CT molecular complexity index is 814. The maximum absolute atomic E-state index is 12.9. The molecular formula is C31H50O5. The molecule has 3 fully saturated rings. The van der Waals surface area contributed by atoms with Crippen LogP contribution < -0.4 is 0 Å². The number of ether oxygens (including phenoxy) is 3. The maximum Gasteiger partial charge on any atom is 0.306 e. The van der Waals surface area contributed by atoms with E-state index in [0.29, 0.717) is 25.9 Å². The van der Waals surface area contributed by atoms with Crippen molar-refractivity contribution in [3.63, 3.8) is 0 Å². The fraction of sp³-hybridized carbons (Fsp3) is 0.871. The van der Waals surface area contributed by atoms with Crippen LogP contribution in [-0.4, -0.2) is 42.3 Å². The molecule has 2 aliphatic heterocycles. The Kier molecular flexibility index (Phi) is 9.03. The smallest absolute Gasteiger partial charge is 0.306 e. The molecule has 1 spiro atoms. The standard InChI is InChI=1S/C31H50O5/c1-5-6-7-8-9-10-11-12-13-14-15-16-17-18-28(33)36-26-20-27-31(22-34-31)30(26,4)29(3)21-24(32)23(2)19-25(29)35-27/h19,25-27H,5-18,20-22H2,1-4H3/t25-,26-,27-,29+,30-,31?/m1/s1. The predicted molar refractivity (Wildman–Crippen MR) is 142 cm³/mol. The van der Waals surface area contributed by atoms with Gasteiger partial charge in [0.15, 0.2) is 5.78 Å². The zero-order chi connectivity index (χ0) is 25.8. The lowest BCUT2D eigenvalue weighted by Gasteiger charge is -2.56. The van der Waals surface area contributed by atoms with Crippen molar-refractivity contribution in [2.45, 2.75) is 154 Å². The van der Waals surface area contributed by atoms with Gasteiger partial charge in [0.25, 0.3) is 0 Å². The quantitative estimate of drug-likeness (QED) is 0.134. The van der Waals surface area contributed by atoms with Crippen LogP contribution in [0.1, 0.15) is 130 Å². The first-order chi connectivity index (χ1) is 17.3. The Morgan fingerprint density at radius 3 is 2.08 bits per heavy atom. The molecule has 0 N–H and O–H groups in total. The number of hydrogen-bond acceptors (Lipinski definition) is 5. The van der Waals surface area contributed by atoms with E-state index in [0.717, 1.165) is 18.4 Å². The second kappa shape index (κ2) is 11.7. The van der Waals surface area contributed by atoms with Crippen molar-refractivity contribution in [1.82, 2.24) is 0 Å². The minimum absolute atomic E-state index is 0.0769. The third-order valence-electron chi connectivity index (χ3n) is 10.2. The summed E-state index contributed by atoms with van der Waals surface area (Å²) in [7, 11) is 0. The molecule has 0 radical (unpaired) electrons. The van der Waals surface area contributed by atoms with E-state index in [2.05, 4.69) is 20.8 Å². The highest BCUT2D eigenvalue weighted by Gasteiger charge is 2.82. The van der Waals surface area contributed by atoms with Gasteiger partial charge >= 0.3 is 5.97 Å². The van der Waals surface area contributed by atoms with Gasteiger partial charge in [-0.05, 0) is 25.0 Å². The number of allylic oxidation sites excluding steroid dienone is 1. The average molecular weight is 503 g/mol. The molecular weight excluding hydrogens is 452 g/mol. The summed E-state index contributed by atoms with van der Waals surface area (Å²) in [4.78, 5) is 25.6. The number of Topliss-reactive ketones (excluding diaryl/α,β-unsaturated/α-hetero) is 1. The fourth-order valence-corrected chi connectivity index (χ4v) is 7.40. The number of hydrogen-bond donors (Lipinski definition) is 0. The molecule has 5 heteroatoms. The van der Waals surface area contributed by atoms with E-state index in [9.17, 15) is 9.59 Å². The van der Waals surface area contributed by atoms with E-state index in [1.54, 1.807) is 0 Å². The van der Waals surface area contributed by atoms with E-state index in [1.165, 1.54) is 70.6 Å². The third kappa shape index (κ3) is 5.21. The van der Waals surface area contributed by atoms with Crippen molar-refractivity contribution in [3.8, 4) is 0 Å². The van der Waals surface area contributed by atoms with Gasteiger partial charge in [0, 0.05) is 30.1 Å². The van der Waals surface area contributed by atoms with Gasteiger partial charge in [-0.1, -0.05) is 97.8 Å². The molecule has 0 aromatic heterocycles. The highest BCUT2D eigenvalue weighted by atomic mass is 16.6. The first kappa shape index (κ1) is 27.8. The van der Waals surface area contributed by atoms with Crippen molar-refractivity contribution in [2.24, 2.45) is 10.8 Å². The SMILES string of the molecule is CCCCCCCCCCCCCCCC(=O)O[C@@H]1C[C@H]2O[C@@H]3C=C(C)C(=O)C[C@]3(C)[C@]1(C)C21CO1. The van der Waals surface area contributed by atoms with Crippen LogP contribution in [0.15, 0.2) is 11.6 Å². The molecule has 6 atom stereocenters. The number of epoxide rings is 1. The zero-order valence-electron chi connectivity index (χ0n) is 23.4. The molecule has 0 aromatic rings. The molecule has 2 saturated heterocycles. The first-order valence-corrected chi connectivity index (χ1v) is 15.0. The van der Waals surface area contributed by atoms with Crippen molar-refractivity contribution >= 4 is 11.8 Å². The summed E-state index contributed by atoms with van der Waals surface area (Å²) in [5, 5.41) is 0. The van der Waals surface area contributed by atoms with Crippen molar-refractivity contribution in [1.29, 1.82) is 0 Å². The summed E-state index contributed by atoms with van der Waals surface area (Å²) in [5.41, 5.74) is -0.498. The Morgan fingerprint density at radius 2 is 1.53 bits per heavy atom. The van der Waals surface area contributed by atoms with E-state index < -0.39 is 16.4 Å². The molecule has 5 nitrogen and oxygen atoms in total. The maximum atomic E-state index is 12.9. The van der Waals surface area contributed by atoms with Crippen LogP contribution in [-0.2, 0) is 23.8 Å². The lowest BCUT2D eigenvalue weighted by Crippen LogP contribution is -2.64. The van der Waals surface area contributed by atoms with Crippen molar-refractivity contribution in [3.05, 3.63) is 11.6 Å². The Morgan fingerprint density at radius 1 is 0.972 bits per heavy atom. The largest absolute Gasteiger partial charge is 0.462 e. The van der Waals surface area contributed by atoms with Gasteiger partial charge in [-0.15, -0.1) is 0 Å². The van der Waals surface area contributed by atoms with Gasteiger partial charge in [-0.3, -0.25) is 9.59 Å². The summed E-state index contributed by atoms with van der Waals surface area (Å²) >= 11 is 0. The van der Waals surface area contributed by atoms with Crippen LogP contribution in [0.2, 0.25) is 0 Å². The minimum atomic E-state index is -0.437. The summed E-state index contributed by atoms with van der Waals surface area (Å²) in [5.74, 6) is 0.0541. The molecule has 1 saturated carbocycles. The van der Waals surface area contributed by atoms with Gasteiger partial charge < -0.3 is 14.2 Å². The topological polar surface area (TPSA) is 65.1 Å². The Labute approximate surface area is 219 Å². The van der Waals surface area contributed by atoms with Crippen LogP contribution >= 0.6 is 0 Å². The van der Waals surface area contributed by atoms with Crippen LogP contribution in [0.4, 0.5) is 0 Å². The van der Waals surface area contributed by atoms with E-state index in [4.69, 9.17) is 14.2 Å². The second-order valence-corrected chi connectivity index (χ2v) is 12.5. The number of rotatable bonds is 15. The first-order valence-electron chi connectivity index (χ1n) is 15.0. The van der Waals surface area contributed by atoms with E-state index >= 15 is 0 Å². The molecule has 2 bridgehead atoms. The van der Waals surface area contributed by atoms with Gasteiger partial charge in [0.05, 0.1) is 18.8 Å². The van der Waals surface area contributed by atoms with Crippen molar-refractivity contribution in [2.75, 3.05) is 6.61 Å². The minimum Gasteiger partial charge on any atom is -0.462 e. The molecule has 204 valence electrons. The highest BCUT2D eigenvalue weighted by molar-refractivity contribution is 5.96. The van der Waals surface area contributed by atoms with Crippen LogP contribution in [0.3, 0.4) is 0 Å². The number of esters is 1. The summed E-state index contributed by atoms with van der Waals surface area (Å²) in [6, 6.07) is 0. The summed E-state index contributed by atoms with van der Waals surface area (Å²) < 4.78 is 18.7. The monoisotopic (exact) mass is 502 g/mol. The fourth-order valence-electron chi connectivity index (χ4n) is 7.40. The molecule has 0 amide bonds. The predicted octanol–water partition coefficient (Wildman–Crippen LogP) is 7.25. The molecule has 2 aliphatic carbocycles. The highest BCUT2D eigenvalue weighted by Crippen LogP contribution is 2.71. The van der Waals surface area contributed by atoms with Crippen LogP contribution in [0.25, 0.3) is 0 Å². The molecule has 0 aromatic carbocycles. The lowest BCUT2D eigenvalue weighted by atomic mass is 9.52. The van der Waals surface area contributed by atoms with E-state index in [1.807, 2.05) is 13.0 Å². The number of carbonyl (C=O) groups excluding carboxylic acids is 2. The number of carbonyl (C=O) groups is 2. The van der Waals surface area contributed by atoms with Gasteiger partial charge in [-0.2, -0.15) is 0 Å². The van der Waals surface area contributed by atoms with E-state index in [-0.39, 0.29) is 30.1 Å². The number of fused-ring (bicyclic) bond motifs is 2. The van der Waals surface area contributed by atoms with Crippen LogP contribution in [0, 0.1) is 10.8 Å². The van der Waals surface area contributed by atoms with Gasteiger partial charge in [0.1, 0.15) is 11.7 Å². The third-order valence-corrected chi connectivity index (χ3v) is 10.2. The van der Waals surface area contributed by atoms with Crippen molar-refractivity contribution < 1.29 is 23.8 Å². The molecule has 1 unspecified atom stereocenters. The number of unbranched alkanes of at least 4 members (excludes halogenated alkanes) is 12. The molecule has 4 rings (SSSR count). The Balaban J connectivity index is 1.16. The van der Waals surface area contributed by atoms with Crippen LogP contribution in [0.5, 0.6) is 0 Å². The summed E-state index contributed by atoms with van der Waals surface area (Å²) in [6.07, 6.45) is 19.8. The van der Waals surface area contributed by atoms with Gasteiger partial charge in [0.2, 0.25) is 0 Å². The lowest BCUT2D eigenvalue weighted by molar-refractivity contribution is -0.210. The molecule has 4 aliphatic rings. The van der Waals surface area contributed by atoms with Gasteiger partial charge in [-0.25, -0.2) is 0 Å². The molecule has 36 heavy (non-hydrogen) atoms. The second-order valence-electron chi connectivity index (χ2n) is 12.5.